The maximum atomic E-state index is 13.1. The van der Waals surface area contributed by atoms with Gasteiger partial charge in [-0.25, -0.2) is 12.8 Å². The lowest BCUT2D eigenvalue weighted by Gasteiger charge is -2.34. The van der Waals surface area contributed by atoms with E-state index in [4.69, 9.17) is 4.74 Å². The van der Waals surface area contributed by atoms with E-state index in [9.17, 15) is 17.6 Å². The molecule has 1 amide bonds. The molecular formula is C19H27FN2O4S. The van der Waals surface area contributed by atoms with E-state index in [0.717, 1.165) is 5.56 Å². The Morgan fingerprint density at radius 3 is 2.63 bits per heavy atom. The van der Waals surface area contributed by atoms with Gasteiger partial charge in [-0.2, -0.15) is 0 Å². The van der Waals surface area contributed by atoms with Crippen molar-refractivity contribution in [3.63, 3.8) is 0 Å². The van der Waals surface area contributed by atoms with Gasteiger partial charge in [0.25, 0.3) is 0 Å². The van der Waals surface area contributed by atoms with Crippen molar-refractivity contribution in [1.82, 2.24) is 9.80 Å². The molecule has 1 atom stereocenters. The summed E-state index contributed by atoms with van der Waals surface area (Å²) in [5.74, 6) is -0.252. The van der Waals surface area contributed by atoms with Gasteiger partial charge in [-0.05, 0) is 38.0 Å². The smallest absolute Gasteiger partial charge is 0.236 e. The van der Waals surface area contributed by atoms with Gasteiger partial charge in [-0.1, -0.05) is 12.1 Å². The van der Waals surface area contributed by atoms with Crippen LogP contribution in [0.1, 0.15) is 31.9 Å². The van der Waals surface area contributed by atoms with E-state index in [1.807, 2.05) is 4.90 Å². The maximum absolute atomic E-state index is 13.1. The number of morpholine rings is 1. The molecule has 2 aliphatic heterocycles. The van der Waals surface area contributed by atoms with Crippen LogP contribution in [0.2, 0.25) is 0 Å². The number of hydrogen-bond acceptors (Lipinski definition) is 5. The molecule has 3 rings (SSSR count). The number of carbonyl (C=O) groups excluding carboxylic acids is 1. The minimum absolute atomic E-state index is 0.0254. The third-order valence-electron chi connectivity index (χ3n) is 5.57. The normalized spacial score (nSPS) is 25.7. The van der Waals surface area contributed by atoms with E-state index in [1.165, 1.54) is 12.1 Å². The van der Waals surface area contributed by atoms with Gasteiger partial charge in [-0.15, -0.1) is 0 Å². The fourth-order valence-corrected chi connectivity index (χ4v) is 4.88. The van der Waals surface area contributed by atoms with Gasteiger partial charge in [0, 0.05) is 19.6 Å². The average Bonchev–Trinajstić information content (AvgIpc) is 2.73. The highest BCUT2D eigenvalue weighted by Gasteiger charge is 2.37. The van der Waals surface area contributed by atoms with Crippen LogP contribution in [0.3, 0.4) is 0 Å². The highest BCUT2D eigenvalue weighted by Crippen LogP contribution is 2.26. The predicted molar refractivity (Wildman–Crippen MR) is 101 cm³/mol. The van der Waals surface area contributed by atoms with Crippen LogP contribution < -0.4 is 0 Å². The van der Waals surface area contributed by atoms with Crippen molar-refractivity contribution in [3.05, 3.63) is 35.6 Å². The van der Waals surface area contributed by atoms with Gasteiger partial charge < -0.3 is 9.64 Å². The molecule has 0 N–H and O–H groups in total. The lowest BCUT2D eigenvalue weighted by molar-refractivity contribution is -0.140. The Bertz CT molecular complexity index is 779. The zero-order valence-corrected chi connectivity index (χ0v) is 16.7. The minimum Gasteiger partial charge on any atom is -0.370 e. The number of rotatable bonds is 3. The molecule has 2 fully saturated rings. The average molecular weight is 399 g/mol. The lowest BCUT2D eigenvalue weighted by Crippen LogP contribution is -2.47. The number of carbonyl (C=O) groups is 1. The third kappa shape index (κ3) is 4.67. The van der Waals surface area contributed by atoms with Gasteiger partial charge >= 0.3 is 0 Å². The number of benzene rings is 1. The quantitative estimate of drug-likeness (QED) is 0.774. The van der Waals surface area contributed by atoms with Crippen LogP contribution in [-0.2, 0) is 19.4 Å². The Labute approximate surface area is 160 Å². The van der Waals surface area contributed by atoms with Gasteiger partial charge in [-0.3, -0.25) is 9.69 Å². The number of halogens is 1. The van der Waals surface area contributed by atoms with E-state index in [2.05, 4.69) is 0 Å². The van der Waals surface area contributed by atoms with Crippen LogP contribution >= 0.6 is 0 Å². The van der Waals surface area contributed by atoms with Gasteiger partial charge in [0.05, 0.1) is 30.2 Å². The van der Waals surface area contributed by atoms with Crippen LogP contribution in [-0.4, -0.2) is 74.0 Å². The largest absolute Gasteiger partial charge is 0.370 e. The number of ether oxygens (including phenoxy) is 1. The second-order valence-electron chi connectivity index (χ2n) is 7.86. The summed E-state index contributed by atoms with van der Waals surface area (Å²) in [4.78, 5) is 16.4. The molecule has 1 aromatic rings. The highest BCUT2D eigenvalue weighted by molar-refractivity contribution is 7.92. The molecule has 1 aromatic carbocycles. The van der Waals surface area contributed by atoms with Crippen molar-refractivity contribution in [2.45, 2.75) is 31.1 Å². The van der Waals surface area contributed by atoms with Crippen molar-refractivity contribution in [2.75, 3.05) is 45.1 Å². The van der Waals surface area contributed by atoms with Crippen molar-refractivity contribution < 1.29 is 22.3 Å². The summed E-state index contributed by atoms with van der Waals surface area (Å²) in [5, 5.41) is 0. The van der Waals surface area contributed by atoms with E-state index in [0.29, 0.717) is 39.2 Å². The summed E-state index contributed by atoms with van der Waals surface area (Å²) in [7, 11) is -3.16. The summed E-state index contributed by atoms with van der Waals surface area (Å²) < 4.78 is 42.7. The van der Waals surface area contributed by atoms with Gasteiger partial charge in [0.2, 0.25) is 5.91 Å². The minimum atomic E-state index is -3.16. The molecular weight excluding hydrogens is 371 g/mol. The first-order valence-electron chi connectivity index (χ1n) is 9.27. The molecule has 2 saturated heterocycles. The summed E-state index contributed by atoms with van der Waals surface area (Å²) >= 11 is 0. The van der Waals surface area contributed by atoms with Crippen LogP contribution in [0.5, 0.6) is 0 Å². The monoisotopic (exact) mass is 398 g/mol. The molecule has 2 aliphatic rings. The van der Waals surface area contributed by atoms with Crippen LogP contribution in [0, 0.1) is 5.82 Å². The van der Waals surface area contributed by atoms with Crippen molar-refractivity contribution >= 4 is 15.7 Å². The first-order chi connectivity index (χ1) is 12.7. The topological polar surface area (TPSA) is 66.9 Å². The number of sulfone groups is 1. The molecule has 1 unspecified atom stereocenters. The van der Waals surface area contributed by atoms with E-state index in [1.54, 1.807) is 30.9 Å². The second kappa shape index (κ2) is 7.85. The molecule has 2 heterocycles. The molecule has 150 valence electrons. The molecule has 0 radical (unpaired) electrons. The fourth-order valence-electron chi connectivity index (χ4n) is 3.42. The Kier molecular flexibility index (Phi) is 5.88. The predicted octanol–water partition coefficient (Wildman–Crippen LogP) is 1.62. The zero-order chi connectivity index (χ0) is 19.7. The van der Waals surface area contributed by atoms with Crippen molar-refractivity contribution in [1.29, 1.82) is 0 Å². The Balaban J connectivity index is 1.60. The summed E-state index contributed by atoms with van der Waals surface area (Å²) in [6.07, 6.45) is 0.246. The molecule has 6 nitrogen and oxygen atoms in total. The van der Waals surface area contributed by atoms with Crippen molar-refractivity contribution in [3.8, 4) is 0 Å². The zero-order valence-electron chi connectivity index (χ0n) is 15.9. The molecule has 0 aromatic heterocycles. The highest BCUT2D eigenvalue weighted by atomic mass is 32.2. The standard InChI is InChI=1S/C19H27FN2O4S/c1-19(2)7-8-21(10-12-27(19,24)25)14-18(23)22-9-11-26-17(13-22)15-3-5-16(20)6-4-15/h3-6,17H,7-14H2,1-2H3. The Morgan fingerprint density at radius 2 is 1.93 bits per heavy atom. The van der Waals surface area contributed by atoms with E-state index in [-0.39, 0.29) is 30.1 Å². The summed E-state index contributed by atoms with van der Waals surface area (Å²) in [6, 6.07) is 6.13. The molecule has 0 aliphatic carbocycles. The third-order valence-corrected chi connectivity index (χ3v) is 8.18. The van der Waals surface area contributed by atoms with Gasteiger partial charge in [0.1, 0.15) is 11.9 Å². The van der Waals surface area contributed by atoms with Crippen LogP contribution in [0.4, 0.5) is 4.39 Å². The van der Waals surface area contributed by atoms with Crippen molar-refractivity contribution in [2.24, 2.45) is 0 Å². The summed E-state index contributed by atoms with van der Waals surface area (Å²) in [6.45, 7) is 6.03. The van der Waals surface area contributed by atoms with Crippen LogP contribution in [0.15, 0.2) is 24.3 Å². The fraction of sp³-hybridized carbons (Fsp3) is 0.632. The molecule has 8 heteroatoms. The number of amides is 1. The molecule has 27 heavy (non-hydrogen) atoms. The van der Waals surface area contributed by atoms with Gasteiger partial charge in [0.15, 0.2) is 9.84 Å². The summed E-state index contributed by atoms with van der Waals surface area (Å²) in [5.41, 5.74) is 0.844. The number of hydrogen-bond donors (Lipinski definition) is 0. The Hall–Kier alpha value is -1.51. The Morgan fingerprint density at radius 1 is 1.22 bits per heavy atom. The lowest BCUT2D eigenvalue weighted by atomic mass is 10.1. The SMILES string of the molecule is CC1(C)CCN(CC(=O)N2CCOC(c3ccc(F)cc3)C2)CCS1(=O)=O. The van der Waals surface area contributed by atoms with E-state index >= 15 is 0 Å². The van der Waals surface area contributed by atoms with E-state index < -0.39 is 14.6 Å². The maximum Gasteiger partial charge on any atom is 0.236 e. The molecule has 0 saturated carbocycles. The molecule has 0 bridgehead atoms. The first-order valence-corrected chi connectivity index (χ1v) is 10.9. The first kappa shape index (κ1) is 20.2. The second-order valence-corrected chi connectivity index (χ2v) is 10.6. The van der Waals surface area contributed by atoms with Crippen LogP contribution in [0.25, 0.3) is 0 Å². The molecule has 0 spiro atoms. The number of nitrogens with zero attached hydrogens (tertiary/aromatic N) is 2.